The monoisotopic (exact) mass is 302 g/mol. The van der Waals surface area contributed by atoms with Crippen molar-refractivity contribution >= 4 is 11.6 Å². The third kappa shape index (κ3) is 3.29. The van der Waals surface area contributed by atoms with E-state index in [9.17, 15) is 4.79 Å². The first kappa shape index (κ1) is 15.0. The molecule has 0 aliphatic carbocycles. The smallest absolute Gasteiger partial charge is 0.240 e. The molecule has 2 aromatic carbocycles. The van der Waals surface area contributed by atoms with Crippen molar-refractivity contribution < 1.29 is 4.79 Å². The van der Waals surface area contributed by atoms with Crippen LogP contribution in [-0.2, 0) is 4.79 Å². The molecule has 3 aromatic rings. The summed E-state index contributed by atoms with van der Waals surface area (Å²) >= 11 is 0. The lowest BCUT2D eigenvalue weighted by Gasteiger charge is -2.24. The zero-order chi connectivity index (χ0) is 16.1. The predicted molar refractivity (Wildman–Crippen MR) is 92.4 cm³/mol. The number of pyridine rings is 1. The lowest BCUT2D eigenvalue weighted by atomic mass is 9.93. The molecule has 23 heavy (non-hydrogen) atoms. The molecular weight excluding hydrogens is 284 g/mol. The van der Waals surface area contributed by atoms with Crippen LogP contribution in [-0.4, -0.2) is 17.9 Å². The first-order valence-electron chi connectivity index (χ1n) is 7.56. The molecule has 3 heteroatoms. The van der Waals surface area contributed by atoms with Gasteiger partial charge in [-0.25, -0.2) is 0 Å². The number of para-hydroxylation sites is 1. The molecule has 0 fully saturated rings. The minimum absolute atomic E-state index is 0.00102. The molecule has 0 aliphatic heterocycles. The van der Waals surface area contributed by atoms with Gasteiger partial charge in [0, 0.05) is 18.9 Å². The number of hydrogen-bond acceptors (Lipinski definition) is 2. The van der Waals surface area contributed by atoms with Crippen molar-refractivity contribution in [1.82, 2.24) is 4.98 Å². The highest BCUT2D eigenvalue weighted by Crippen LogP contribution is 2.27. The third-order valence-electron chi connectivity index (χ3n) is 3.84. The number of benzene rings is 2. The summed E-state index contributed by atoms with van der Waals surface area (Å²) in [6.45, 7) is 0. The van der Waals surface area contributed by atoms with Crippen molar-refractivity contribution in [2.45, 2.75) is 5.92 Å². The molecule has 3 rings (SSSR count). The van der Waals surface area contributed by atoms with Crippen LogP contribution in [0.25, 0.3) is 0 Å². The molecule has 114 valence electrons. The van der Waals surface area contributed by atoms with Gasteiger partial charge < -0.3 is 4.90 Å². The Kier molecular flexibility index (Phi) is 4.48. The van der Waals surface area contributed by atoms with E-state index < -0.39 is 5.92 Å². The van der Waals surface area contributed by atoms with Gasteiger partial charge in [0.25, 0.3) is 0 Å². The lowest BCUT2D eigenvalue weighted by Crippen LogP contribution is -2.32. The molecule has 1 aromatic heterocycles. The number of hydrogen-bond donors (Lipinski definition) is 0. The normalized spacial score (nSPS) is 11.7. The first-order chi connectivity index (χ1) is 11.3. The van der Waals surface area contributed by atoms with E-state index in [1.165, 1.54) is 0 Å². The van der Waals surface area contributed by atoms with E-state index in [0.29, 0.717) is 0 Å². The fraction of sp³-hybridized carbons (Fsp3) is 0.100. The Bertz CT molecular complexity index is 718. The molecule has 3 nitrogen and oxygen atoms in total. The SMILES string of the molecule is CN(C(=O)C(c1ccccc1)c1ccccn1)c1ccccc1. The molecule has 0 aliphatic rings. The average Bonchev–Trinajstić information content (AvgIpc) is 2.64. The first-order valence-corrected chi connectivity index (χ1v) is 7.56. The Labute approximate surface area is 136 Å². The summed E-state index contributed by atoms with van der Waals surface area (Å²) in [6, 6.07) is 25.1. The molecular formula is C20H18N2O. The largest absolute Gasteiger partial charge is 0.315 e. The van der Waals surface area contributed by atoms with E-state index in [1.807, 2.05) is 78.9 Å². The standard InChI is InChI=1S/C20H18N2O/c1-22(17-12-6-3-7-13-17)20(23)19(16-10-4-2-5-11-16)18-14-8-9-15-21-18/h2-15,19H,1H3. The van der Waals surface area contributed by atoms with Crippen molar-refractivity contribution in [1.29, 1.82) is 0 Å². The van der Waals surface area contributed by atoms with Crippen molar-refractivity contribution in [3.05, 3.63) is 96.3 Å². The number of aromatic nitrogens is 1. The molecule has 1 unspecified atom stereocenters. The van der Waals surface area contributed by atoms with Crippen LogP contribution in [0.4, 0.5) is 5.69 Å². The molecule has 1 heterocycles. The molecule has 0 saturated carbocycles. The Morgan fingerprint density at radius 2 is 1.48 bits per heavy atom. The van der Waals surface area contributed by atoms with Gasteiger partial charge >= 0.3 is 0 Å². The van der Waals surface area contributed by atoms with Crippen molar-refractivity contribution in [3.63, 3.8) is 0 Å². The van der Waals surface area contributed by atoms with Crippen molar-refractivity contribution in [2.75, 3.05) is 11.9 Å². The van der Waals surface area contributed by atoms with Crippen LogP contribution < -0.4 is 4.90 Å². The zero-order valence-corrected chi connectivity index (χ0v) is 13.0. The minimum atomic E-state index is -0.414. The molecule has 0 radical (unpaired) electrons. The van der Waals surface area contributed by atoms with Gasteiger partial charge in [-0.05, 0) is 29.8 Å². The second-order valence-corrected chi connectivity index (χ2v) is 5.33. The molecule has 1 amide bonds. The predicted octanol–water partition coefficient (Wildman–Crippen LogP) is 3.88. The quantitative estimate of drug-likeness (QED) is 0.733. The van der Waals surface area contributed by atoms with Crippen LogP contribution in [0.1, 0.15) is 17.2 Å². The van der Waals surface area contributed by atoms with Gasteiger partial charge in [0.1, 0.15) is 5.92 Å². The van der Waals surface area contributed by atoms with E-state index in [4.69, 9.17) is 0 Å². The fourth-order valence-corrected chi connectivity index (χ4v) is 2.60. The number of likely N-dealkylation sites (N-methyl/N-ethyl adjacent to an activating group) is 1. The lowest BCUT2D eigenvalue weighted by molar-refractivity contribution is -0.119. The number of carbonyl (C=O) groups is 1. The van der Waals surface area contributed by atoms with E-state index in [1.54, 1.807) is 18.1 Å². The van der Waals surface area contributed by atoms with Crippen molar-refractivity contribution in [3.8, 4) is 0 Å². The second-order valence-electron chi connectivity index (χ2n) is 5.33. The Morgan fingerprint density at radius 1 is 0.870 bits per heavy atom. The van der Waals surface area contributed by atoms with Gasteiger partial charge in [0.05, 0.1) is 5.69 Å². The highest BCUT2D eigenvalue weighted by Gasteiger charge is 2.27. The third-order valence-corrected chi connectivity index (χ3v) is 3.84. The van der Waals surface area contributed by atoms with Crippen LogP contribution >= 0.6 is 0 Å². The van der Waals surface area contributed by atoms with E-state index in [2.05, 4.69) is 4.98 Å². The van der Waals surface area contributed by atoms with Gasteiger partial charge in [-0.2, -0.15) is 0 Å². The number of carbonyl (C=O) groups excluding carboxylic acids is 1. The Morgan fingerprint density at radius 3 is 2.09 bits per heavy atom. The second kappa shape index (κ2) is 6.88. The summed E-state index contributed by atoms with van der Waals surface area (Å²) in [5.74, 6) is -0.413. The molecule has 1 atom stereocenters. The number of amides is 1. The van der Waals surface area contributed by atoms with Gasteiger partial charge in [0.15, 0.2) is 0 Å². The van der Waals surface area contributed by atoms with Crippen LogP contribution in [0.15, 0.2) is 85.1 Å². The van der Waals surface area contributed by atoms with Crippen LogP contribution in [0.2, 0.25) is 0 Å². The van der Waals surface area contributed by atoms with E-state index >= 15 is 0 Å². The highest BCUT2D eigenvalue weighted by atomic mass is 16.2. The average molecular weight is 302 g/mol. The number of nitrogens with zero attached hydrogens (tertiary/aromatic N) is 2. The summed E-state index contributed by atoms with van der Waals surface area (Å²) in [5, 5.41) is 0. The maximum atomic E-state index is 13.1. The summed E-state index contributed by atoms with van der Waals surface area (Å²) in [7, 11) is 1.80. The number of rotatable bonds is 4. The van der Waals surface area contributed by atoms with Gasteiger partial charge in [0.2, 0.25) is 5.91 Å². The van der Waals surface area contributed by atoms with Crippen LogP contribution in [0.3, 0.4) is 0 Å². The van der Waals surface area contributed by atoms with E-state index in [0.717, 1.165) is 16.9 Å². The highest BCUT2D eigenvalue weighted by molar-refractivity contribution is 5.99. The van der Waals surface area contributed by atoms with Gasteiger partial charge in [-0.1, -0.05) is 54.6 Å². The minimum Gasteiger partial charge on any atom is -0.315 e. The Hall–Kier alpha value is -2.94. The zero-order valence-electron chi connectivity index (χ0n) is 13.0. The maximum absolute atomic E-state index is 13.1. The maximum Gasteiger partial charge on any atom is 0.240 e. The molecule has 0 N–H and O–H groups in total. The summed E-state index contributed by atoms with van der Waals surface area (Å²) < 4.78 is 0. The van der Waals surface area contributed by atoms with Gasteiger partial charge in [-0.3, -0.25) is 9.78 Å². The van der Waals surface area contributed by atoms with E-state index in [-0.39, 0.29) is 5.91 Å². The summed E-state index contributed by atoms with van der Waals surface area (Å²) in [5.41, 5.74) is 2.57. The van der Waals surface area contributed by atoms with Crippen LogP contribution in [0, 0.1) is 0 Å². The fourth-order valence-electron chi connectivity index (χ4n) is 2.60. The Balaban J connectivity index is 2.00. The molecule has 0 spiro atoms. The van der Waals surface area contributed by atoms with Crippen LogP contribution in [0.5, 0.6) is 0 Å². The number of anilines is 1. The molecule has 0 bridgehead atoms. The van der Waals surface area contributed by atoms with Crippen molar-refractivity contribution in [2.24, 2.45) is 0 Å². The van der Waals surface area contributed by atoms with Gasteiger partial charge in [-0.15, -0.1) is 0 Å². The summed E-state index contributed by atoms with van der Waals surface area (Å²) in [4.78, 5) is 19.2. The topological polar surface area (TPSA) is 33.2 Å². The molecule has 0 saturated heterocycles. The summed E-state index contributed by atoms with van der Waals surface area (Å²) in [6.07, 6.45) is 1.72.